The number of nitrogens with zero attached hydrogens (tertiary/aromatic N) is 1. The van der Waals surface area contributed by atoms with E-state index in [1.165, 1.54) is 36.9 Å². The van der Waals surface area contributed by atoms with Gasteiger partial charge in [0.15, 0.2) is 0 Å². The number of thiocarbonyl (C=S) groups is 1. The molecule has 0 aromatic heterocycles. The van der Waals surface area contributed by atoms with Gasteiger partial charge in [0.25, 0.3) is 0 Å². The molecule has 0 amide bonds. The van der Waals surface area contributed by atoms with Crippen LogP contribution in [0, 0.1) is 6.92 Å². The monoisotopic (exact) mass is 262 g/mol. The minimum absolute atomic E-state index is 0.508. The van der Waals surface area contributed by atoms with E-state index in [9.17, 15) is 0 Å². The second kappa shape index (κ2) is 5.70. The number of para-hydroxylation sites is 1. The first-order valence-electron chi connectivity index (χ1n) is 6.81. The van der Waals surface area contributed by atoms with Crippen LogP contribution in [0.4, 0.5) is 5.69 Å². The summed E-state index contributed by atoms with van der Waals surface area (Å²) >= 11 is 5.20. The standard InChI is InChI=1S/C15H22N2S/c1-3-12-8-4-5-10-17(12)14-11(2)7-6-9-13(14)15(16)18/h6-7,9,12H,3-5,8,10H2,1-2H3,(H2,16,18). The molecule has 1 heterocycles. The third kappa shape index (κ3) is 2.51. The van der Waals surface area contributed by atoms with Crippen molar-refractivity contribution in [1.29, 1.82) is 0 Å². The van der Waals surface area contributed by atoms with Crippen LogP contribution in [0.15, 0.2) is 18.2 Å². The molecule has 0 spiro atoms. The maximum atomic E-state index is 5.88. The highest BCUT2D eigenvalue weighted by atomic mass is 32.1. The molecule has 1 unspecified atom stereocenters. The molecule has 1 atom stereocenters. The summed E-state index contributed by atoms with van der Waals surface area (Å²) in [6.45, 7) is 5.54. The van der Waals surface area contributed by atoms with Crippen molar-refractivity contribution < 1.29 is 0 Å². The predicted octanol–water partition coefficient (Wildman–Crippen LogP) is 3.40. The first-order chi connectivity index (χ1) is 8.65. The van der Waals surface area contributed by atoms with Crippen molar-refractivity contribution in [2.45, 2.75) is 45.6 Å². The lowest BCUT2D eigenvalue weighted by Crippen LogP contribution is -2.40. The second-order valence-corrected chi connectivity index (χ2v) is 5.53. The van der Waals surface area contributed by atoms with Gasteiger partial charge in [-0.3, -0.25) is 0 Å². The molecule has 1 aromatic rings. The zero-order chi connectivity index (χ0) is 13.1. The number of anilines is 1. The smallest absolute Gasteiger partial charge is 0.106 e. The molecule has 1 aliphatic heterocycles. The number of benzene rings is 1. The Morgan fingerprint density at radius 1 is 1.44 bits per heavy atom. The van der Waals surface area contributed by atoms with E-state index in [1.807, 2.05) is 12.1 Å². The van der Waals surface area contributed by atoms with Crippen LogP contribution < -0.4 is 10.6 Å². The molecule has 18 heavy (non-hydrogen) atoms. The van der Waals surface area contributed by atoms with E-state index < -0.39 is 0 Å². The van der Waals surface area contributed by atoms with Crippen LogP contribution >= 0.6 is 12.2 Å². The summed E-state index contributed by atoms with van der Waals surface area (Å²) in [4.78, 5) is 3.03. The van der Waals surface area contributed by atoms with Crippen LogP contribution in [0.1, 0.15) is 43.7 Å². The number of hydrogen-bond acceptors (Lipinski definition) is 2. The summed E-state index contributed by atoms with van der Waals surface area (Å²) in [5.74, 6) is 0. The Kier molecular flexibility index (Phi) is 4.23. The van der Waals surface area contributed by atoms with Gasteiger partial charge in [0.1, 0.15) is 4.99 Å². The Hall–Kier alpha value is -1.09. The number of piperidine rings is 1. The minimum Gasteiger partial charge on any atom is -0.389 e. The zero-order valence-electron chi connectivity index (χ0n) is 11.3. The van der Waals surface area contributed by atoms with E-state index in [0.717, 1.165) is 12.1 Å². The quantitative estimate of drug-likeness (QED) is 0.847. The van der Waals surface area contributed by atoms with Crippen LogP contribution in [0.25, 0.3) is 0 Å². The molecule has 98 valence electrons. The molecular weight excluding hydrogens is 240 g/mol. The van der Waals surface area contributed by atoms with Crippen molar-refractivity contribution in [2.24, 2.45) is 5.73 Å². The lowest BCUT2D eigenvalue weighted by Gasteiger charge is -2.39. The molecule has 2 rings (SSSR count). The van der Waals surface area contributed by atoms with Gasteiger partial charge in [-0.05, 0) is 44.2 Å². The zero-order valence-corrected chi connectivity index (χ0v) is 12.1. The van der Waals surface area contributed by atoms with Crippen molar-refractivity contribution in [3.8, 4) is 0 Å². The predicted molar refractivity (Wildman–Crippen MR) is 82.3 cm³/mol. The molecule has 3 heteroatoms. The van der Waals surface area contributed by atoms with Crippen molar-refractivity contribution >= 4 is 22.9 Å². The van der Waals surface area contributed by atoms with Crippen molar-refractivity contribution in [1.82, 2.24) is 0 Å². The van der Waals surface area contributed by atoms with Gasteiger partial charge in [0.05, 0.1) is 5.69 Å². The third-order valence-corrected chi connectivity index (χ3v) is 4.11. The number of hydrogen-bond donors (Lipinski definition) is 1. The maximum absolute atomic E-state index is 5.88. The highest BCUT2D eigenvalue weighted by Gasteiger charge is 2.24. The van der Waals surface area contributed by atoms with Gasteiger partial charge in [-0.1, -0.05) is 31.3 Å². The van der Waals surface area contributed by atoms with Crippen molar-refractivity contribution in [3.63, 3.8) is 0 Å². The highest BCUT2D eigenvalue weighted by Crippen LogP contribution is 2.32. The van der Waals surface area contributed by atoms with Crippen LogP contribution in [0.5, 0.6) is 0 Å². The first-order valence-corrected chi connectivity index (χ1v) is 7.22. The molecule has 0 aliphatic carbocycles. The maximum Gasteiger partial charge on any atom is 0.106 e. The lowest BCUT2D eigenvalue weighted by atomic mass is 9.96. The first kappa shape index (κ1) is 13.3. The van der Waals surface area contributed by atoms with Crippen LogP contribution in [-0.4, -0.2) is 17.6 Å². The SMILES string of the molecule is CCC1CCCCN1c1c(C)cccc1C(N)=S. The van der Waals surface area contributed by atoms with Crippen LogP contribution in [0.3, 0.4) is 0 Å². The molecule has 0 radical (unpaired) electrons. The average Bonchev–Trinajstić information content (AvgIpc) is 2.38. The summed E-state index contributed by atoms with van der Waals surface area (Å²) < 4.78 is 0. The molecule has 1 aromatic carbocycles. The third-order valence-electron chi connectivity index (χ3n) is 3.89. The van der Waals surface area contributed by atoms with Gasteiger partial charge >= 0.3 is 0 Å². The number of aryl methyl sites for hydroxylation is 1. The van der Waals surface area contributed by atoms with Gasteiger partial charge in [-0.25, -0.2) is 0 Å². The summed E-state index contributed by atoms with van der Waals surface area (Å²) in [7, 11) is 0. The molecule has 1 fully saturated rings. The minimum atomic E-state index is 0.508. The largest absolute Gasteiger partial charge is 0.389 e. The molecule has 0 bridgehead atoms. The fraction of sp³-hybridized carbons (Fsp3) is 0.533. The van der Waals surface area contributed by atoms with E-state index in [2.05, 4.69) is 24.8 Å². The number of nitrogens with two attached hydrogens (primary N) is 1. The Morgan fingerprint density at radius 2 is 2.22 bits per heavy atom. The highest BCUT2D eigenvalue weighted by molar-refractivity contribution is 7.80. The molecule has 1 aliphatic rings. The lowest BCUT2D eigenvalue weighted by molar-refractivity contribution is 0.449. The summed E-state index contributed by atoms with van der Waals surface area (Å²) in [6.07, 6.45) is 5.07. The van der Waals surface area contributed by atoms with E-state index in [1.54, 1.807) is 0 Å². The normalized spacial score (nSPS) is 19.9. The van der Waals surface area contributed by atoms with Gasteiger partial charge in [0, 0.05) is 18.2 Å². The molecular formula is C15H22N2S. The summed E-state index contributed by atoms with van der Waals surface area (Å²) in [6, 6.07) is 6.87. The second-order valence-electron chi connectivity index (χ2n) is 5.09. The van der Waals surface area contributed by atoms with E-state index in [-0.39, 0.29) is 0 Å². The van der Waals surface area contributed by atoms with Gasteiger partial charge in [-0.15, -0.1) is 0 Å². The van der Waals surface area contributed by atoms with Gasteiger partial charge in [0.2, 0.25) is 0 Å². The van der Waals surface area contributed by atoms with Crippen molar-refractivity contribution in [2.75, 3.05) is 11.4 Å². The Balaban J connectivity index is 2.44. The Labute approximate surface area is 115 Å². The summed E-state index contributed by atoms with van der Waals surface area (Å²) in [5, 5.41) is 0. The summed E-state index contributed by atoms with van der Waals surface area (Å²) in [5.41, 5.74) is 9.45. The Morgan fingerprint density at radius 3 is 2.89 bits per heavy atom. The fourth-order valence-corrected chi connectivity index (χ4v) is 3.12. The van der Waals surface area contributed by atoms with E-state index >= 15 is 0 Å². The van der Waals surface area contributed by atoms with Gasteiger partial charge in [-0.2, -0.15) is 0 Å². The molecule has 1 saturated heterocycles. The van der Waals surface area contributed by atoms with E-state index in [0.29, 0.717) is 11.0 Å². The van der Waals surface area contributed by atoms with Gasteiger partial charge < -0.3 is 10.6 Å². The molecule has 0 saturated carbocycles. The topological polar surface area (TPSA) is 29.3 Å². The van der Waals surface area contributed by atoms with Crippen LogP contribution in [-0.2, 0) is 0 Å². The number of rotatable bonds is 3. The fourth-order valence-electron chi connectivity index (χ4n) is 2.96. The van der Waals surface area contributed by atoms with E-state index in [4.69, 9.17) is 18.0 Å². The molecule has 2 nitrogen and oxygen atoms in total. The Bertz CT molecular complexity index is 442. The molecule has 2 N–H and O–H groups in total. The van der Waals surface area contributed by atoms with Crippen molar-refractivity contribution in [3.05, 3.63) is 29.3 Å². The van der Waals surface area contributed by atoms with Crippen LogP contribution in [0.2, 0.25) is 0 Å². The average molecular weight is 262 g/mol.